The van der Waals surface area contributed by atoms with Crippen molar-refractivity contribution in [3.63, 3.8) is 0 Å². The Morgan fingerprint density at radius 1 is 1.07 bits per heavy atom. The molecule has 2 amide bonds. The van der Waals surface area contributed by atoms with Gasteiger partial charge in [-0.15, -0.1) is 0 Å². The average Bonchev–Trinajstić information content (AvgIpc) is 3.19. The van der Waals surface area contributed by atoms with E-state index in [2.05, 4.69) is 28.5 Å². The Labute approximate surface area is 171 Å². The maximum Gasteiger partial charge on any atom is 0.227 e. The molecule has 2 N–H and O–H groups in total. The monoisotopic (exact) mass is 389 g/mol. The number of benzene rings is 2. The standard InChI is InChI=1S/C24H27N3O2/c1-2-6-23(28)27-13-11-17(12-14-27)24(29)25-20-9-5-8-18(15-20)22-16-19-7-3-4-10-21(19)26-22/h3-5,7-10,15-17,26H,2,6,11-14H2,1H3,(H,25,29). The number of piperidine rings is 1. The summed E-state index contributed by atoms with van der Waals surface area (Å²) in [4.78, 5) is 30.1. The zero-order valence-electron chi connectivity index (χ0n) is 16.8. The predicted molar refractivity (Wildman–Crippen MR) is 117 cm³/mol. The van der Waals surface area contributed by atoms with Crippen LogP contribution < -0.4 is 5.32 Å². The summed E-state index contributed by atoms with van der Waals surface area (Å²) in [7, 11) is 0. The lowest BCUT2D eigenvalue weighted by Crippen LogP contribution is -2.41. The Morgan fingerprint density at radius 3 is 2.62 bits per heavy atom. The largest absolute Gasteiger partial charge is 0.355 e. The van der Waals surface area contributed by atoms with Crippen LogP contribution in [0.2, 0.25) is 0 Å². The molecule has 5 heteroatoms. The van der Waals surface area contributed by atoms with Crippen LogP contribution in [0.5, 0.6) is 0 Å². The number of hydrogen-bond acceptors (Lipinski definition) is 2. The molecule has 1 fully saturated rings. The summed E-state index contributed by atoms with van der Waals surface area (Å²) in [5.74, 6) is 0.205. The SMILES string of the molecule is CCCC(=O)N1CCC(C(=O)Nc2cccc(-c3cc4ccccc4[nH]3)c2)CC1. The molecule has 0 atom stereocenters. The van der Waals surface area contributed by atoms with E-state index < -0.39 is 0 Å². The first-order valence-corrected chi connectivity index (χ1v) is 10.4. The van der Waals surface area contributed by atoms with Crippen LogP contribution in [0.3, 0.4) is 0 Å². The molecule has 0 unspecified atom stereocenters. The second-order valence-electron chi connectivity index (χ2n) is 7.75. The summed E-state index contributed by atoms with van der Waals surface area (Å²) in [6, 6.07) is 18.2. The van der Waals surface area contributed by atoms with E-state index in [-0.39, 0.29) is 17.7 Å². The van der Waals surface area contributed by atoms with Crippen molar-refractivity contribution in [3.05, 3.63) is 54.6 Å². The lowest BCUT2D eigenvalue weighted by molar-refractivity contribution is -0.134. The highest BCUT2D eigenvalue weighted by Gasteiger charge is 2.27. The third-order valence-electron chi connectivity index (χ3n) is 5.65. The van der Waals surface area contributed by atoms with Crippen molar-refractivity contribution in [1.29, 1.82) is 0 Å². The summed E-state index contributed by atoms with van der Waals surface area (Å²) in [6.45, 7) is 3.36. The van der Waals surface area contributed by atoms with Crippen LogP contribution in [0.4, 0.5) is 5.69 Å². The zero-order chi connectivity index (χ0) is 20.2. The fourth-order valence-corrected chi connectivity index (χ4v) is 4.00. The van der Waals surface area contributed by atoms with Gasteiger partial charge in [0.2, 0.25) is 11.8 Å². The van der Waals surface area contributed by atoms with Gasteiger partial charge in [-0.2, -0.15) is 0 Å². The van der Waals surface area contributed by atoms with Gasteiger partial charge >= 0.3 is 0 Å². The molecule has 29 heavy (non-hydrogen) atoms. The van der Waals surface area contributed by atoms with Crippen LogP contribution >= 0.6 is 0 Å². The molecule has 1 aliphatic rings. The van der Waals surface area contributed by atoms with E-state index in [1.165, 1.54) is 5.39 Å². The molecule has 2 aromatic carbocycles. The molecule has 2 heterocycles. The Balaban J connectivity index is 1.40. The molecular weight excluding hydrogens is 362 g/mol. The van der Waals surface area contributed by atoms with E-state index >= 15 is 0 Å². The minimum Gasteiger partial charge on any atom is -0.355 e. The molecule has 150 valence electrons. The summed E-state index contributed by atoms with van der Waals surface area (Å²) in [5.41, 5.74) is 3.97. The van der Waals surface area contributed by atoms with Crippen molar-refractivity contribution in [1.82, 2.24) is 9.88 Å². The second-order valence-corrected chi connectivity index (χ2v) is 7.75. The van der Waals surface area contributed by atoms with E-state index in [0.717, 1.165) is 41.7 Å². The predicted octanol–water partition coefficient (Wildman–Crippen LogP) is 4.81. The van der Waals surface area contributed by atoms with Gasteiger partial charge in [-0.25, -0.2) is 0 Å². The Bertz CT molecular complexity index is 983. The van der Waals surface area contributed by atoms with E-state index in [4.69, 9.17) is 0 Å². The van der Waals surface area contributed by atoms with E-state index in [1.807, 2.05) is 48.2 Å². The molecule has 0 saturated carbocycles. The molecular formula is C24H27N3O2. The number of nitrogens with one attached hydrogen (secondary N) is 2. The number of amides is 2. The van der Waals surface area contributed by atoms with Crippen molar-refractivity contribution in [2.75, 3.05) is 18.4 Å². The van der Waals surface area contributed by atoms with Gasteiger partial charge in [0.1, 0.15) is 0 Å². The average molecular weight is 389 g/mol. The maximum absolute atomic E-state index is 12.7. The Hall–Kier alpha value is -3.08. The number of H-pyrrole nitrogens is 1. The van der Waals surface area contributed by atoms with Gasteiger partial charge in [-0.1, -0.05) is 37.3 Å². The van der Waals surface area contributed by atoms with Crippen LogP contribution in [0.1, 0.15) is 32.6 Å². The fourth-order valence-electron chi connectivity index (χ4n) is 4.00. The van der Waals surface area contributed by atoms with Crippen LogP contribution in [-0.4, -0.2) is 34.8 Å². The minimum atomic E-state index is -0.0441. The number of nitrogens with zero attached hydrogens (tertiary/aromatic N) is 1. The second kappa shape index (κ2) is 8.52. The highest BCUT2D eigenvalue weighted by molar-refractivity contribution is 5.94. The van der Waals surface area contributed by atoms with Gasteiger partial charge in [-0.3, -0.25) is 9.59 Å². The maximum atomic E-state index is 12.7. The molecule has 1 saturated heterocycles. The van der Waals surface area contributed by atoms with Crippen LogP contribution in [-0.2, 0) is 9.59 Å². The molecule has 1 aliphatic heterocycles. The topological polar surface area (TPSA) is 65.2 Å². The number of hydrogen-bond donors (Lipinski definition) is 2. The highest BCUT2D eigenvalue weighted by atomic mass is 16.2. The number of aromatic nitrogens is 1. The first kappa shape index (κ1) is 19.2. The molecule has 0 spiro atoms. The van der Waals surface area contributed by atoms with Crippen LogP contribution in [0, 0.1) is 5.92 Å². The van der Waals surface area contributed by atoms with E-state index in [0.29, 0.717) is 19.5 Å². The third-order valence-corrected chi connectivity index (χ3v) is 5.65. The van der Waals surface area contributed by atoms with Crippen molar-refractivity contribution < 1.29 is 9.59 Å². The van der Waals surface area contributed by atoms with Gasteiger partial charge < -0.3 is 15.2 Å². The number of carbonyl (C=O) groups is 2. The van der Waals surface area contributed by atoms with Gasteiger partial charge in [0.05, 0.1) is 0 Å². The van der Waals surface area contributed by atoms with Crippen LogP contribution in [0.15, 0.2) is 54.6 Å². The minimum absolute atomic E-state index is 0.0430. The quantitative estimate of drug-likeness (QED) is 0.657. The van der Waals surface area contributed by atoms with Gasteiger partial charge in [0.25, 0.3) is 0 Å². The smallest absolute Gasteiger partial charge is 0.227 e. The number of fused-ring (bicyclic) bond motifs is 1. The summed E-state index contributed by atoms with van der Waals surface area (Å²) >= 11 is 0. The van der Waals surface area contributed by atoms with Crippen molar-refractivity contribution >= 4 is 28.4 Å². The molecule has 0 radical (unpaired) electrons. The van der Waals surface area contributed by atoms with E-state index in [9.17, 15) is 9.59 Å². The van der Waals surface area contributed by atoms with Crippen LogP contribution in [0.25, 0.3) is 22.2 Å². The number of para-hydroxylation sites is 1. The normalized spacial score (nSPS) is 14.9. The van der Waals surface area contributed by atoms with Crippen molar-refractivity contribution in [2.24, 2.45) is 5.92 Å². The summed E-state index contributed by atoms with van der Waals surface area (Å²) < 4.78 is 0. The number of likely N-dealkylation sites (tertiary alicyclic amines) is 1. The molecule has 1 aromatic heterocycles. The van der Waals surface area contributed by atoms with Gasteiger partial charge in [-0.05, 0) is 43.5 Å². The van der Waals surface area contributed by atoms with Gasteiger partial charge in [0, 0.05) is 53.3 Å². The molecule has 0 bridgehead atoms. The first-order valence-electron chi connectivity index (χ1n) is 10.4. The number of carbonyl (C=O) groups excluding carboxylic acids is 2. The summed E-state index contributed by atoms with van der Waals surface area (Å²) in [6.07, 6.45) is 2.91. The number of rotatable bonds is 5. The lowest BCUT2D eigenvalue weighted by Gasteiger charge is -2.31. The van der Waals surface area contributed by atoms with Crippen molar-refractivity contribution in [3.8, 4) is 11.3 Å². The van der Waals surface area contributed by atoms with E-state index in [1.54, 1.807) is 0 Å². The first-order chi connectivity index (χ1) is 14.1. The Kier molecular flexibility index (Phi) is 5.65. The molecule has 4 rings (SSSR count). The fraction of sp³-hybridized carbons (Fsp3) is 0.333. The molecule has 0 aliphatic carbocycles. The number of aromatic amines is 1. The Morgan fingerprint density at radius 2 is 1.86 bits per heavy atom. The van der Waals surface area contributed by atoms with Gasteiger partial charge in [0.15, 0.2) is 0 Å². The van der Waals surface area contributed by atoms with Crippen molar-refractivity contribution in [2.45, 2.75) is 32.6 Å². The molecule has 5 nitrogen and oxygen atoms in total. The zero-order valence-corrected chi connectivity index (χ0v) is 16.8. The number of anilines is 1. The summed E-state index contributed by atoms with van der Waals surface area (Å²) in [5, 5.41) is 4.24. The lowest BCUT2D eigenvalue weighted by atomic mass is 9.95. The molecule has 3 aromatic rings. The highest BCUT2D eigenvalue weighted by Crippen LogP contribution is 2.27. The third kappa shape index (κ3) is 4.34.